The van der Waals surface area contributed by atoms with Crippen molar-refractivity contribution < 1.29 is 33.9 Å². The number of carboxylic acid groups (broad SMARTS) is 1. The van der Waals surface area contributed by atoms with Crippen LogP contribution in [0.3, 0.4) is 0 Å². The second kappa shape index (κ2) is 10.7. The van der Waals surface area contributed by atoms with Gasteiger partial charge in [0.1, 0.15) is 19.3 Å². The Morgan fingerprint density at radius 2 is 1.50 bits per heavy atom. The summed E-state index contributed by atoms with van der Waals surface area (Å²) >= 11 is 0. The van der Waals surface area contributed by atoms with E-state index in [0.717, 1.165) is 22.3 Å². The molecule has 0 saturated heterocycles. The van der Waals surface area contributed by atoms with Gasteiger partial charge in [-0.1, -0.05) is 48.5 Å². The number of hydrogen-bond acceptors (Lipinski definition) is 7. The molecule has 2 N–H and O–H groups in total. The average molecular weight is 490 g/mol. The fraction of sp³-hybridized carbons (Fsp3) is 0.192. The number of benzene rings is 3. The van der Waals surface area contributed by atoms with Gasteiger partial charge >= 0.3 is 18.0 Å². The molecule has 0 spiro atoms. The normalized spacial score (nSPS) is 12.7. The highest BCUT2D eigenvalue weighted by atomic mass is 16.6. The molecule has 0 aliphatic heterocycles. The van der Waals surface area contributed by atoms with Crippen molar-refractivity contribution in [3.05, 3.63) is 99.6 Å². The molecule has 10 nitrogen and oxygen atoms in total. The number of fused-ring (bicyclic) bond motifs is 3. The fourth-order valence-electron chi connectivity index (χ4n) is 4.12. The zero-order chi connectivity index (χ0) is 25.7. The van der Waals surface area contributed by atoms with Crippen molar-refractivity contribution in [2.75, 3.05) is 6.61 Å². The molecule has 3 aromatic carbocycles. The zero-order valence-corrected chi connectivity index (χ0v) is 19.0. The lowest BCUT2D eigenvalue weighted by atomic mass is 9.98. The Balaban J connectivity index is 1.37. The number of carboxylic acids is 1. The van der Waals surface area contributed by atoms with Crippen molar-refractivity contribution >= 4 is 23.7 Å². The first-order valence-electron chi connectivity index (χ1n) is 11.1. The van der Waals surface area contributed by atoms with Crippen molar-refractivity contribution in [1.29, 1.82) is 0 Å². The van der Waals surface area contributed by atoms with Gasteiger partial charge in [0.25, 0.3) is 5.69 Å². The average Bonchev–Trinajstić information content (AvgIpc) is 3.19. The van der Waals surface area contributed by atoms with E-state index in [1.807, 2.05) is 48.5 Å². The first-order valence-corrected chi connectivity index (χ1v) is 11.1. The Morgan fingerprint density at radius 1 is 0.917 bits per heavy atom. The summed E-state index contributed by atoms with van der Waals surface area (Å²) in [5, 5.41) is 22.2. The number of nitrogens with zero attached hydrogens (tertiary/aromatic N) is 1. The number of amides is 1. The van der Waals surface area contributed by atoms with Crippen molar-refractivity contribution in [3.8, 4) is 11.1 Å². The predicted octanol–water partition coefficient (Wildman–Crippen LogP) is 4.02. The largest absolute Gasteiger partial charge is 0.481 e. The fourth-order valence-corrected chi connectivity index (χ4v) is 4.12. The van der Waals surface area contributed by atoms with Gasteiger partial charge in [-0.05, 0) is 39.9 Å². The SMILES string of the molecule is O=C(O)C[C@H](NC(=O)OCC1c2ccccc2-c2ccccc21)C(=O)OCc1ccc([N+](=O)[O-])cc1. The molecule has 10 heteroatoms. The molecule has 1 aliphatic rings. The summed E-state index contributed by atoms with van der Waals surface area (Å²) in [7, 11) is 0. The summed E-state index contributed by atoms with van der Waals surface area (Å²) in [6, 6.07) is 19.5. The number of nitrogens with one attached hydrogen (secondary N) is 1. The third kappa shape index (κ3) is 5.49. The van der Waals surface area contributed by atoms with Gasteiger partial charge in [0.2, 0.25) is 0 Å². The Morgan fingerprint density at radius 3 is 2.06 bits per heavy atom. The summed E-state index contributed by atoms with van der Waals surface area (Å²) in [6.07, 6.45) is -1.65. The van der Waals surface area contributed by atoms with Crippen molar-refractivity contribution in [2.45, 2.75) is 25.0 Å². The van der Waals surface area contributed by atoms with Crippen LogP contribution in [0.5, 0.6) is 0 Å². The number of aliphatic carboxylic acids is 1. The quantitative estimate of drug-likeness (QED) is 0.260. The van der Waals surface area contributed by atoms with Crippen LogP contribution in [0, 0.1) is 10.1 Å². The maximum absolute atomic E-state index is 12.5. The van der Waals surface area contributed by atoms with Gasteiger partial charge in [-0.2, -0.15) is 0 Å². The van der Waals surface area contributed by atoms with Crippen molar-refractivity contribution in [2.24, 2.45) is 0 Å². The predicted molar refractivity (Wildman–Crippen MR) is 127 cm³/mol. The van der Waals surface area contributed by atoms with Gasteiger partial charge in [-0.25, -0.2) is 9.59 Å². The van der Waals surface area contributed by atoms with Crippen LogP contribution >= 0.6 is 0 Å². The van der Waals surface area contributed by atoms with Crippen LogP contribution in [-0.2, 0) is 25.7 Å². The summed E-state index contributed by atoms with van der Waals surface area (Å²) in [6.45, 7) is -0.253. The molecule has 1 amide bonds. The van der Waals surface area contributed by atoms with E-state index >= 15 is 0 Å². The lowest BCUT2D eigenvalue weighted by molar-refractivity contribution is -0.384. The molecule has 0 heterocycles. The summed E-state index contributed by atoms with van der Waals surface area (Å²) in [5.41, 5.74) is 4.48. The van der Waals surface area contributed by atoms with Crippen LogP contribution in [0.25, 0.3) is 11.1 Å². The summed E-state index contributed by atoms with van der Waals surface area (Å²) < 4.78 is 10.5. The second-order valence-electron chi connectivity index (χ2n) is 8.15. The number of carbonyl (C=O) groups excluding carboxylic acids is 2. The van der Waals surface area contributed by atoms with Crippen molar-refractivity contribution in [3.63, 3.8) is 0 Å². The molecule has 0 bridgehead atoms. The molecule has 1 atom stereocenters. The van der Waals surface area contributed by atoms with Gasteiger partial charge in [0, 0.05) is 18.1 Å². The third-order valence-electron chi connectivity index (χ3n) is 5.83. The topological polar surface area (TPSA) is 145 Å². The molecular weight excluding hydrogens is 468 g/mol. The number of carbonyl (C=O) groups is 3. The highest BCUT2D eigenvalue weighted by Gasteiger charge is 2.30. The van der Waals surface area contributed by atoms with E-state index in [0.29, 0.717) is 5.56 Å². The maximum atomic E-state index is 12.5. The highest BCUT2D eigenvalue weighted by Crippen LogP contribution is 2.44. The minimum atomic E-state index is -1.48. The first kappa shape index (κ1) is 24.4. The lowest BCUT2D eigenvalue weighted by Gasteiger charge is -2.18. The van der Waals surface area contributed by atoms with Gasteiger partial charge in [-0.15, -0.1) is 0 Å². The Kier molecular flexibility index (Phi) is 7.24. The number of rotatable bonds is 9. The van der Waals surface area contributed by atoms with Gasteiger partial charge < -0.3 is 19.9 Å². The number of esters is 1. The molecule has 4 rings (SSSR count). The number of alkyl carbamates (subject to hydrolysis) is 1. The third-order valence-corrected chi connectivity index (χ3v) is 5.83. The Labute approximate surface area is 205 Å². The van der Waals surface area contributed by atoms with Crippen LogP contribution in [-0.4, -0.2) is 40.7 Å². The molecular formula is C26H22N2O8. The van der Waals surface area contributed by atoms with Crippen LogP contribution in [0.15, 0.2) is 72.8 Å². The Bertz CT molecular complexity index is 1260. The minimum absolute atomic E-state index is 0.00249. The van der Waals surface area contributed by atoms with E-state index in [1.165, 1.54) is 24.3 Å². The maximum Gasteiger partial charge on any atom is 0.407 e. The Hall–Kier alpha value is -4.73. The molecule has 0 fully saturated rings. The van der Waals surface area contributed by atoms with E-state index in [2.05, 4.69) is 5.32 Å². The van der Waals surface area contributed by atoms with Gasteiger partial charge in [0.15, 0.2) is 0 Å². The standard InChI is InChI=1S/C26H22N2O8/c29-24(30)13-23(25(31)35-14-16-9-11-17(12-10-16)28(33)34)27-26(32)36-15-22-20-7-3-1-5-18(20)19-6-2-4-8-21(19)22/h1-12,22-23H,13-15H2,(H,27,32)(H,29,30)/t23-/m0/s1. The molecule has 3 aromatic rings. The van der Waals surface area contributed by atoms with Crippen molar-refractivity contribution in [1.82, 2.24) is 5.32 Å². The van der Waals surface area contributed by atoms with E-state index in [-0.39, 0.29) is 24.8 Å². The molecule has 0 aromatic heterocycles. The molecule has 0 saturated carbocycles. The van der Waals surface area contributed by atoms with Crippen LogP contribution in [0.4, 0.5) is 10.5 Å². The van der Waals surface area contributed by atoms with Gasteiger partial charge in [-0.3, -0.25) is 14.9 Å². The smallest absolute Gasteiger partial charge is 0.407 e. The van der Waals surface area contributed by atoms with E-state index in [1.54, 1.807) is 0 Å². The molecule has 1 aliphatic carbocycles. The molecule has 0 unspecified atom stereocenters. The minimum Gasteiger partial charge on any atom is -0.481 e. The second-order valence-corrected chi connectivity index (χ2v) is 8.15. The number of nitro benzene ring substituents is 1. The number of nitro groups is 1. The number of hydrogen-bond donors (Lipinski definition) is 2. The van der Waals surface area contributed by atoms with Gasteiger partial charge in [0.05, 0.1) is 11.3 Å². The molecule has 0 radical (unpaired) electrons. The molecule has 36 heavy (non-hydrogen) atoms. The van der Waals surface area contributed by atoms with Crippen LogP contribution in [0.2, 0.25) is 0 Å². The van der Waals surface area contributed by atoms with Crippen LogP contribution < -0.4 is 5.32 Å². The zero-order valence-electron chi connectivity index (χ0n) is 19.0. The monoisotopic (exact) mass is 490 g/mol. The lowest BCUT2D eigenvalue weighted by Crippen LogP contribution is -2.43. The first-order chi connectivity index (χ1) is 17.3. The summed E-state index contributed by atoms with van der Waals surface area (Å²) in [4.78, 5) is 46.4. The van der Waals surface area contributed by atoms with E-state index in [9.17, 15) is 29.6 Å². The molecule has 184 valence electrons. The summed E-state index contributed by atoms with van der Waals surface area (Å²) in [5.74, 6) is -2.48. The van der Waals surface area contributed by atoms with Crippen LogP contribution in [0.1, 0.15) is 29.0 Å². The number of non-ortho nitro benzene ring substituents is 1. The van der Waals surface area contributed by atoms with E-state index in [4.69, 9.17) is 9.47 Å². The number of ether oxygens (including phenoxy) is 2. The van der Waals surface area contributed by atoms with E-state index < -0.39 is 35.4 Å². The highest BCUT2D eigenvalue weighted by molar-refractivity contribution is 5.86.